The minimum absolute atomic E-state index is 0.252. The van der Waals surface area contributed by atoms with Gasteiger partial charge >= 0.3 is 0 Å². The van der Waals surface area contributed by atoms with Crippen molar-refractivity contribution in [1.29, 1.82) is 0 Å². The quantitative estimate of drug-likeness (QED) is 0.790. The Morgan fingerprint density at radius 3 is 2.17 bits per heavy atom. The van der Waals surface area contributed by atoms with Crippen molar-refractivity contribution in [2.24, 2.45) is 5.73 Å². The molecule has 102 valence electrons. The molecule has 1 atom stereocenters. The fourth-order valence-corrected chi connectivity index (χ4v) is 2.25. The molecule has 1 unspecified atom stereocenters. The van der Waals surface area contributed by atoms with E-state index in [1.54, 1.807) is 0 Å². The molecule has 0 saturated carbocycles. The van der Waals surface area contributed by atoms with Crippen LogP contribution in [-0.4, -0.2) is 6.04 Å². The number of benzene rings is 1. The van der Waals surface area contributed by atoms with E-state index in [1.165, 1.54) is 24.0 Å². The number of nitrogens with two attached hydrogens (primary N) is 1. The van der Waals surface area contributed by atoms with Crippen LogP contribution in [0.25, 0.3) is 0 Å². The number of hydrogen-bond acceptors (Lipinski definition) is 1. The van der Waals surface area contributed by atoms with E-state index in [-0.39, 0.29) is 5.41 Å². The van der Waals surface area contributed by atoms with Crippen LogP contribution in [0.2, 0.25) is 0 Å². The minimum Gasteiger partial charge on any atom is -0.328 e. The summed E-state index contributed by atoms with van der Waals surface area (Å²) in [6, 6.07) is 9.46. The van der Waals surface area contributed by atoms with Crippen molar-refractivity contribution in [2.45, 2.75) is 71.3 Å². The molecule has 0 radical (unpaired) electrons. The van der Waals surface area contributed by atoms with E-state index in [4.69, 9.17) is 5.73 Å². The summed E-state index contributed by atoms with van der Waals surface area (Å²) in [7, 11) is 0. The van der Waals surface area contributed by atoms with Crippen LogP contribution in [0.3, 0.4) is 0 Å². The van der Waals surface area contributed by atoms with Gasteiger partial charge in [-0.2, -0.15) is 0 Å². The molecule has 18 heavy (non-hydrogen) atoms. The topological polar surface area (TPSA) is 26.0 Å². The Labute approximate surface area is 113 Å². The number of rotatable bonds is 6. The highest BCUT2D eigenvalue weighted by Gasteiger charge is 2.12. The average molecular weight is 247 g/mol. The van der Waals surface area contributed by atoms with E-state index >= 15 is 0 Å². The van der Waals surface area contributed by atoms with E-state index < -0.39 is 0 Å². The maximum Gasteiger partial charge on any atom is 0.00388 e. The lowest BCUT2D eigenvalue weighted by molar-refractivity contribution is 0.539. The van der Waals surface area contributed by atoms with E-state index in [2.05, 4.69) is 52.0 Å². The molecular weight excluding hydrogens is 218 g/mol. The fraction of sp³-hybridized carbons (Fsp3) is 0.647. The first-order valence-electron chi connectivity index (χ1n) is 7.28. The Balaban J connectivity index is 2.40. The first kappa shape index (κ1) is 15.2. The first-order chi connectivity index (χ1) is 8.43. The van der Waals surface area contributed by atoms with Crippen molar-refractivity contribution in [3.05, 3.63) is 35.4 Å². The summed E-state index contributed by atoms with van der Waals surface area (Å²) in [5.74, 6) is 0. The Morgan fingerprint density at radius 2 is 1.67 bits per heavy atom. The van der Waals surface area contributed by atoms with Gasteiger partial charge in [0, 0.05) is 6.04 Å². The van der Waals surface area contributed by atoms with Crippen molar-refractivity contribution < 1.29 is 0 Å². The third kappa shape index (κ3) is 5.22. The van der Waals surface area contributed by atoms with E-state index in [9.17, 15) is 0 Å². The zero-order chi connectivity index (χ0) is 13.6. The van der Waals surface area contributed by atoms with Crippen molar-refractivity contribution in [2.75, 3.05) is 0 Å². The van der Waals surface area contributed by atoms with E-state index in [0.717, 1.165) is 19.3 Å². The molecule has 0 saturated heterocycles. The van der Waals surface area contributed by atoms with Crippen LogP contribution in [0.1, 0.15) is 64.5 Å². The molecule has 0 aromatic heterocycles. The SMILES string of the molecule is CCCC(N)CCCc1ccc(C(C)(C)C)cc1. The molecule has 2 N–H and O–H groups in total. The second kappa shape index (κ2) is 6.94. The standard InChI is InChI=1S/C17H29N/c1-5-7-16(18)9-6-8-14-10-12-15(13-11-14)17(2,3)4/h10-13,16H,5-9,18H2,1-4H3. The molecular formula is C17H29N. The van der Waals surface area contributed by atoms with Gasteiger partial charge in [-0.25, -0.2) is 0 Å². The molecule has 0 bridgehead atoms. The van der Waals surface area contributed by atoms with Gasteiger partial charge in [0.25, 0.3) is 0 Å². The van der Waals surface area contributed by atoms with Crippen LogP contribution < -0.4 is 5.73 Å². The summed E-state index contributed by atoms with van der Waals surface area (Å²) in [4.78, 5) is 0. The molecule has 0 aliphatic rings. The molecule has 0 aliphatic carbocycles. The molecule has 0 aliphatic heterocycles. The predicted octanol–water partition coefficient (Wildman–Crippen LogP) is 4.43. The van der Waals surface area contributed by atoms with Crippen molar-refractivity contribution in [3.63, 3.8) is 0 Å². The van der Waals surface area contributed by atoms with Crippen LogP contribution >= 0.6 is 0 Å². The van der Waals surface area contributed by atoms with Crippen LogP contribution in [0, 0.1) is 0 Å². The van der Waals surface area contributed by atoms with Gasteiger partial charge in [0.2, 0.25) is 0 Å². The zero-order valence-corrected chi connectivity index (χ0v) is 12.5. The third-order valence-corrected chi connectivity index (χ3v) is 3.52. The van der Waals surface area contributed by atoms with Crippen molar-refractivity contribution in [1.82, 2.24) is 0 Å². The molecule has 0 amide bonds. The molecule has 1 nitrogen and oxygen atoms in total. The van der Waals surface area contributed by atoms with Gasteiger partial charge in [0.05, 0.1) is 0 Å². The van der Waals surface area contributed by atoms with Crippen LogP contribution in [-0.2, 0) is 11.8 Å². The Bertz CT molecular complexity index is 332. The lowest BCUT2D eigenvalue weighted by atomic mass is 9.86. The maximum absolute atomic E-state index is 6.03. The summed E-state index contributed by atoms with van der Waals surface area (Å²) in [6.07, 6.45) is 5.86. The second-order valence-electron chi connectivity index (χ2n) is 6.39. The van der Waals surface area contributed by atoms with Crippen LogP contribution in [0.5, 0.6) is 0 Å². The Morgan fingerprint density at radius 1 is 1.06 bits per heavy atom. The predicted molar refractivity (Wildman–Crippen MR) is 81.0 cm³/mol. The van der Waals surface area contributed by atoms with Gasteiger partial charge in [-0.3, -0.25) is 0 Å². The molecule has 0 heterocycles. The van der Waals surface area contributed by atoms with Gasteiger partial charge in [0.1, 0.15) is 0 Å². The average Bonchev–Trinajstić information content (AvgIpc) is 2.29. The second-order valence-corrected chi connectivity index (χ2v) is 6.39. The Hall–Kier alpha value is -0.820. The lowest BCUT2D eigenvalue weighted by Crippen LogP contribution is -2.19. The van der Waals surface area contributed by atoms with Crippen LogP contribution in [0.4, 0.5) is 0 Å². The van der Waals surface area contributed by atoms with Gasteiger partial charge in [-0.15, -0.1) is 0 Å². The normalized spacial score (nSPS) is 13.6. The van der Waals surface area contributed by atoms with Crippen LogP contribution in [0.15, 0.2) is 24.3 Å². The molecule has 1 aromatic rings. The summed E-state index contributed by atoms with van der Waals surface area (Å²) < 4.78 is 0. The highest BCUT2D eigenvalue weighted by atomic mass is 14.6. The highest BCUT2D eigenvalue weighted by Crippen LogP contribution is 2.22. The summed E-state index contributed by atoms with van der Waals surface area (Å²) in [5.41, 5.74) is 9.13. The zero-order valence-electron chi connectivity index (χ0n) is 12.5. The van der Waals surface area contributed by atoms with E-state index in [0.29, 0.717) is 6.04 Å². The largest absolute Gasteiger partial charge is 0.328 e. The minimum atomic E-state index is 0.252. The molecule has 0 spiro atoms. The van der Waals surface area contributed by atoms with Gasteiger partial charge < -0.3 is 5.73 Å². The highest BCUT2D eigenvalue weighted by molar-refractivity contribution is 5.27. The Kier molecular flexibility index (Phi) is 5.87. The molecule has 1 heteroatoms. The summed E-state index contributed by atoms with van der Waals surface area (Å²) in [6.45, 7) is 8.97. The molecule has 1 rings (SSSR count). The van der Waals surface area contributed by atoms with Crippen molar-refractivity contribution in [3.8, 4) is 0 Å². The maximum atomic E-state index is 6.03. The van der Waals surface area contributed by atoms with E-state index in [1.807, 2.05) is 0 Å². The van der Waals surface area contributed by atoms with Gasteiger partial charge in [-0.05, 0) is 42.2 Å². The third-order valence-electron chi connectivity index (χ3n) is 3.52. The summed E-state index contributed by atoms with van der Waals surface area (Å²) >= 11 is 0. The first-order valence-corrected chi connectivity index (χ1v) is 7.28. The smallest absolute Gasteiger partial charge is 0.00388 e. The number of aryl methyl sites for hydroxylation is 1. The van der Waals surface area contributed by atoms with Gasteiger partial charge in [0.15, 0.2) is 0 Å². The van der Waals surface area contributed by atoms with Crippen molar-refractivity contribution >= 4 is 0 Å². The molecule has 0 fully saturated rings. The number of hydrogen-bond donors (Lipinski definition) is 1. The molecule has 1 aromatic carbocycles. The monoisotopic (exact) mass is 247 g/mol. The lowest BCUT2D eigenvalue weighted by Gasteiger charge is -2.19. The van der Waals surface area contributed by atoms with Gasteiger partial charge in [-0.1, -0.05) is 58.4 Å². The fourth-order valence-electron chi connectivity index (χ4n) is 2.25. The summed E-state index contributed by atoms with van der Waals surface area (Å²) in [5, 5.41) is 0.